The minimum Gasteiger partial charge on any atom is -0.208 e. The van der Waals surface area contributed by atoms with E-state index in [-0.39, 0.29) is 16.9 Å². The second-order valence-electron chi connectivity index (χ2n) is 6.97. The molecular weight excluding hydrogens is 416 g/mol. The summed E-state index contributed by atoms with van der Waals surface area (Å²) in [5.41, 5.74) is 3.30. The van der Waals surface area contributed by atoms with Crippen molar-refractivity contribution in [1.82, 2.24) is 15.0 Å². The summed E-state index contributed by atoms with van der Waals surface area (Å²) < 4.78 is 26.7. The molecule has 0 radical (unpaired) electrons. The van der Waals surface area contributed by atoms with Gasteiger partial charge in [0.25, 0.3) is 0 Å². The molecule has 0 spiro atoms. The molecule has 1 heterocycles. The van der Waals surface area contributed by atoms with Gasteiger partial charge in [-0.2, -0.15) is 9.97 Å². The smallest absolute Gasteiger partial charge is 0.208 e. The first-order chi connectivity index (χ1) is 15.1. The average molecular weight is 430 g/mol. The Bertz CT molecular complexity index is 1400. The monoisotopic (exact) mass is 429 g/mol. The first-order valence-electron chi connectivity index (χ1n) is 9.54. The van der Waals surface area contributed by atoms with Gasteiger partial charge in [-0.05, 0) is 76.0 Å². The Hall–Kier alpha value is -3.70. The highest BCUT2D eigenvalue weighted by atomic mass is 35.5. The molecule has 3 nitrogen and oxygen atoms in total. The second kappa shape index (κ2) is 7.85. The fourth-order valence-electron chi connectivity index (χ4n) is 3.57. The number of nitrogens with zero attached hydrogens (tertiary/aromatic N) is 3. The molecule has 0 fully saturated rings. The Morgan fingerprint density at radius 1 is 0.516 bits per heavy atom. The number of halogens is 3. The normalized spacial score (nSPS) is 11.1. The maximum atomic E-state index is 13.4. The van der Waals surface area contributed by atoms with Gasteiger partial charge in [0.05, 0.1) is 0 Å². The molecule has 0 saturated heterocycles. The highest BCUT2D eigenvalue weighted by Crippen LogP contribution is 2.35. The molecule has 150 valence electrons. The standard InChI is InChI=1S/C25H14ClF2N3/c26-25-30-23(16-7-11-18(28)12-8-16)29-24(31-25)22-14-13-19(15-5-9-17(27)10-6-15)20-3-1-2-4-21(20)22/h1-14H. The van der Waals surface area contributed by atoms with E-state index in [1.54, 1.807) is 24.3 Å². The van der Waals surface area contributed by atoms with Crippen molar-refractivity contribution in [3.63, 3.8) is 0 Å². The fraction of sp³-hybridized carbons (Fsp3) is 0. The number of aromatic nitrogens is 3. The molecule has 5 aromatic rings. The molecule has 0 bridgehead atoms. The maximum absolute atomic E-state index is 13.4. The Kier molecular flexibility index (Phi) is 4.88. The fourth-order valence-corrected chi connectivity index (χ4v) is 3.73. The Morgan fingerprint density at radius 3 is 1.68 bits per heavy atom. The van der Waals surface area contributed by atoms with E-state index in [4.69, 9.17) is 11.6 Å². The summed E-state index contributed by atoms with van der Waals surface area (Å²) in [5, 5.41) is 1.96. The van der Waals surface area contributed by atoms with Crippen LogP contribution >= 0.6 is 11.6 Å². The highest BCUT2D eigenvalue weighted by Gasteiger charge is 2.14. The van der Waals surface area contributed by atoms with E-state index in [2.05, 4.69) is 15.0 Å². The number of hydrogen-bond acceptors (Lipinski definition) is 3. The zero-order chi connectivity index (χ0) is 21.4. The van der Waals surface area contributed by atoms with Gasteiger partial charge in [-0.15, -0.1) is 0 Å². The summed E-state index contributed by atoms with van der Waals surface area (Å²) in [6.45, 7) is 0. The van der Waals surface area contributed by atoms with Crippen molar-refractivity contribution in [3.8, 4) is 33.9 Å². The summed E-state index contributed by atoms with van der Waals surface area (Å²) in [4.78, 5) is 13.1. The van der Waals surface area contributed by atoms with Gasteiger partial charge in [-0.3, -0.25) is 0 Å². The van der Waals surface area contributed by atoms with Crippen LogP contribution in [0.1, 0.15) is 0 Å². The van der Waals surface area contributed by atoms with E-state index in [9.17, 15) is 8.78 Å². The molecule has 31 heavy (non-hydrogen) atoms. The van der Waals surface area contributed by atoms with Crippen LogP contribution in [-0.4, -0.2) is 15.0 Å². The third kappa shape index (κ3) is 3.76. The number of rotatable bonds is 3. The van der Waals surface area contributed by atoms with Crippen molar-refractivity contribution in [2.24, 2.45) is 0 Å². The van der Waals surface area contributed by atoms with Crippen LogP contribution in [0, 0.1) is 11.6 Å². The predicted octanol–water partition coefficient (Wildman–Crippen LogP) is 6.96. The van der Waals surface area contributed by atoms with E-state index in [0.29, 0.717) is 17.2 Å². The highest BCUT2D eigenvalue weighted by molar-refractivity contribution is 6.28. The Morgan fingerprint density at radius 2 is 1.03 bits per heavy atom. The molecule has 4 aromatic carbocycles. The van der Waals surface area contributed by atoms with E-state index < -0.39 is 0 Å². The molecule has 6 heteroatoms. The van der Waals surface area contributed by atoms with Gasteiger partial charge >= 0.3 is 0 Å². The van der Waals surface area contributed by atoms with Crippen LogP contribution in [0.2, 0.25) is 5.28 Å². The van der Waals surface area contributed by atoms with Crippen molar-refractivity contribution < 1.29 is 8.78 Å². The maximum Gasteiger partial charge on any atom is 0.226 e. The molecule has 0 N–H and O–H groups in total. The Balaban J connectivity index is 1.69. The molecule has 0 unspecified atom stereocenters. The lowest BCUT2D eigenvalue weighted by atomic mass is 9.95. The zero-order valence-corrected chi connectivity index (χ0v) is 16.8. The van der Waals surface area contributed by atoms with Crippen LogP contribution in [0.4, 0.5) is 8.78 Å². The third-order valence-electron chi connectivity index (χ3n) is 5.03. The second-order valence-corrected chi connectivity index (χ2v) is 7.31. The molecule has 5 rings (SSSR count). The Labute approximate surface area is 182 Å². The van der Waals surface area contributed by atoms with Gasteiger partial charge in [0.2, 0.25) is 5.28 Å². The van der Waals surface area contributed by atoms with E-state index in [0.717, 1.165) is 27.5 Å². The molecule has 0 aliphatic carbocycles. The summed E-state index contributed by atoms with van der Waals surface area (Å²) in [6, 6.07) is 24.0. The lowest BCUT2D eigenvalue weighted by molar-refractivity contribution is 0.627. The van der Waals surface area contributed by atoms with E-state index in [1.807, 2.05) is 36.4 Å². The van der Waals surface area contributed by atoms with Gasteiger partial charge < -0.3 is 0 Å². The van der Waals surface area contributed by atoms with Crippen molar-refractivity contribution in [2.45, 2.75) is 0 Å². The van der Waals surface area contributed by atoms with Crippen molar-refractivity contribution in [2.75, 3.05) is 0 Å². The minimum atomic E-state index is -0.341. The molecule has 0 amide bonds. The van der Waals surface area contributed by atoms with Crippen molar-refractivity contribution >= 4 is 22.4 Å². The van der Waals surface area contributed by atoms with Gasteiger partial charge in [0, 0.05) is 11.1 Å². The first kappa shape index (κ1) is 19.3. The predicted molar refractivity (Wildman–Crippen MR) is 119 cm³/mol. The number of hydrogen-bond donors (Lipinski definition) is 0. The van der Waals surface area contributed by atoms with E-state index >= 15 is 0 Å². The summed E-state index contributed by atoms with van der Waals surface area (Å²) >= 11 is 6.20. The van der Waals surface area contributed by atoms with Gasteiger partial charge in [-0.25, -0.2) is 13.8 Å². The minimum absolute atomic E-state index is 0.0519. The zero-order valence-electron chi connectivity index (χ0n) is 16.1. The molecule has 0 atom stereocenters. The van der Waals surface area contributed by atoms with Crippen LogP contribution in [0.5, 0.6) is 0 Å². The van der Waals surface area contributed by atoms with Crippen LogP contribution in [-0.2, 0) is 0 Å². The van der Waals surface area contributed by atoms with Crippen molar-refractivity contribution in [3.05, 3.63) is 102 Å². The molecule has 1 aromatic heterocycles. The summed E-state index contributed by atoms with van der Waals surface area (Å²) in [7, 11) is 0. The molecule has 0 aliphatic heterocycles. The summed E-state index contributed by atoms with van der Waals surface area (Å²) in [6.07, 6.45) is 0. The van der Waals surface area contributed by atoms with Gasteiger partial charge in [-0.1, -0.05) is 42.5 Å². The lowest BCUT2D eigenvalue weighted by Gasteiger charge is -2.12. The van der Waals surface area contributed by atoms with Crippen LogP contribution in [0.15, 0.2) is 84.9 Å². The van der Waals surface area contributed by atoms with Gasteiger partial charge in [0.15, 0.2) is 11.6 Å². The third-order valence-corrected chi connectivity index (χ3v) is 5.20. The topological polar surface area (TPSA) is 38.7 Å². The van der Waals surface area contributed by atoms with Crippen molar-refractivity contribution in [1.29, 1.82) is 0 Å². The number of benzene rings is 4. The van der Waals surface area contributed by atoms with Crippen LogP contribution in [0.3, 0.4) is 0 Å². The lowest BCUT2D eigenvalue weighted by Crippen LogP contribution is -1.98. The molecule has 0 saturated carbocycles. The average Bonchev–Trinajstić information content (AvgIpc) is 2.79. The van der Waals surface area contributed by atoms with Crippen LogP contribution < -0.4 is 0 Å². The number of fused-ring (bicyclic) bond motifs is 1. The SMILES string of the molecule is Fc1ccc(-c2nc(Cl)nc(-c3ccc(-c4ccc(F)cc4)c4ccccc34)n2)cc1. The first-order valence-corrected chi connectivity index (χ1v) is 9.92. The van der Waals surface area contributed by atoms with E-state index in [1.165, 1.54) is 24.3 Å². The van der Waals surface area contributed by atoms with Crippen LogP contribution in [0.25, 0.3) is 44.7 Å². The summed E-state index contributed by atoms with van der Waals surface area (Å²) in [5.74, 6) is 0.159. The van der Waals surface area contributed by atoms with Gasteiger partial charge in [0.1, 0.15) is 11.6 Å². The molecule has 0 aliphatic rings. The molecular formula is C25H14ClF2N3. The quantitative estimate of drug-likeness (QED) is 0.311. The largest absolute Gasteiger partial charge is 0.226 e.